The molecular formula is C42H49F3N4O6. The van der Waals surface area contributed by atoms with Crippen molar-refractivity contribution < 1.29 is 41.9 Å². The second-order valence-corrected chi connectivity index (χ2v) is 15.9. The average molecular weight is 763 g/mol. The number of alkyl carbamates (subject to hydrolysis) is 1. The maximum absolute atomic E-state index is 13.8. The van der Waals surface area contributed by atoms with Gasteiger partial charge in [-0.3, -0.25) is 19.2 Å². The van der Waals surface area contributed by atoms with Gasteiger partial charge in [0.05, 0.1) is 12.3 Å². The Balaban J connectivity index is 1.25. The summed E-state index contributed by atoms with van der Waals surface area (Å²) in [5, 5.41) is 8.57. The zero-order valence-electron chi connectivity index (χ0n) is 31.9. The Morgan fingerprint density at radius 2 is 1.64 bits per heavy atom. The summed E-state index contributed by atoms with van der Waals surface area (Å²) in [6, 6.07) is 15.8. The first-order valence-electron chi connectivity index (χ1n) is 18.7. The molecule has 2 aromatic carbocycles. The molecule has 1 aliphatic carbocycles. The normalized spacial score (nSPS) is 18.1. The number of rotatable bonds is 13. The molecule has 0 spiro atoms. The summed E-state index contributed by atoms with van der Waals surface area (Å²) >= 11 is 0. The van der Waals surface area contributed by atoms with Gasteiger partial charge in [0.25, 0.3) is 0 Å². The molecule has 0 radical (unpaired) electrons. The molecule has 13 heteroatoms. The van der Waals surface area contributed by atoms with Crippen LogP contribution in [0.25, 0.3) is 11.1 Å². The van der Waals surface area contributed by atoms with Crippen molar-refractivity contribution in [2.75, 3.05) is 17.2 Å². The molecule has 5 rings (SSSR count). The van der Waals surface area contributed by atoms with Gasteiger partial charge >= 0.3 is 12.3 Å². The molecule has 294 valence electrons. The van der Waals surface area contributed by atoms with E-state index in [4.69, 9.17) is 4.74 Å². The van der Waals surface area contributed by atoms with Gasteiger partial charge in [-0.15, -0.1) is 0 Å². The van der Waals surface area contributed by atoms with Gasteiger partial charge < -0.3 is 20.7 Å². The SMILES string of the molecule is Cc1nc(C(=O)CC(C)C(F)(F)F)ccc1-c1ccc(C[C@H](CC(=O)C2CCC(CNC(=O)OC(C)(C)C)CC2)C(=O)Nc2ccc3c(c2)NC(=O)C3)cc1. The van der Waals surface area contributed by atoms with Gasteiger partial charge in [0.15, 0.2) is 5.78 Å². The quantitative estimate of drug-likeness (QED) is 0.148. The van der Waals surface area contributed by atoms with E-state index in [-0.39, 0.29) is 54.4 Å². The Morgan fingerprint density at radius 3 is 2.27 bits per heavy atom. The summed E-state index contributed by atoms with van der Waals surface area (Å²) in [7, 11) is 0. The highest BCUT2D eigenvalue weighted by Crippen LogP contribution is 2.33. The number of nitrogens with zero attached hydrogens (tertiary/aromatic N) is 1. The molecule has 0 bridgehead atoms. The van der Waals surface area contributed by atoms with Gasteiger partial charge in [-0.25, -0.2) is 9.78 Å². The standard InChI is InChI=1S/C42H49F3N4O6/c1-24(42(43,44)45)18-37(51)34-17-16-33(25(2)47-34)28-10-6-26(7-11-28)19-31(39(53)48-32-15-14-30-21-38(52)49-35(30)22-32)20-36(50)29-12-8-27(9-13-29)23-46-40(54)55-41(3,4)5/h6-7,10-11,14-17,22,24,27,29,31H,8-9,12-13,18-21,23H2,1-5H3,(H,46,54)(H,48,53)(H,49,52)/t24?,27?,29?,31-/m1/s1. The van der Waals surface area contributed by atoms with E-state index in [9.17, 15) is 37.1 Å². The summed E-state index contributed by atoms with van der Waals surface area (Å²) in [4.78, 5) is 68.4. The summed E-state index contributed by atoms with van der Waals surface area (Å²) in [6.07, 6.45) is -2.19. The van der Waals surface area contributed by atoms with Crippen molar-refractivity contribution in [2.45, 2.75) is 97.8 Å². The number of pyridine rings is 1. The van der Waals surface area contributed by atoms with Gasteiger partial charge in [-0.2, -0.15) is 13.2 Å². The second kappa shape index (κ2) is 17.2. The number of Topliss-reactive ketones (excluding diaryl/α,β-unsaturated/α-hetero) is 2. The average Bonchev–Trinajstić information content (AvgIpc) is 3.49. The lowest BCUT2D eigenvalue weighted by Gasteiger charge is -2.29. The molecule has 2 heterocycles. The Morgan fingerprint density at radius 1 is 0.945 bits per heavy atom. The first-order valence-corrected chi connectivity index (χ1v) is 18.7. The fourth-order valence-corrected chi connectivity index (χ4v) is 7.06. The van der Waals surface area contributed by atoms with Crippen molar-refractivity contribution in [3.63, 3.8) is 0 Å². The third-order valence-corrected chi connectivity index (χ3v) is 10.2. The second-order valence-electron chi connectivity index (χ2n) is 15.9. The number of carbonyl (C=O) groups excluding carboxylic acids is 5. The Hall–Kier alpha value is -5.07. The summed E-state index contributed by atoms with van der Waals surface area (Å²) in [5.74, 6) is -3.55. The maximum Gasteiger partial charge on any atom is 0.407 e. The van der Waals surface area contributed by atoms with E-state index in [1.54, 1.807) is 52.0 Å². The van der Waals surface area contributed by atoms with E-state index in [2.05, 4.69) is 20.9 Å². The highest BCUT2D eigenvalue weighted by Gasteiger charge is 2.37. The number of aromatic nitrogens is 1. The smallest absolute Gasteiger partial charge is 0.407 e. The van der Waals surface area contributed by atoms with Gasteiger partial charge in [-0.1, -0.05) is 43.3 Å². The molecule has 1 unspecified atom stereocenters. The van der Waals surface area contributed by atoms with Crippen LogP contribution >= 0.6 is 0 Å². The topological polar surface area (TPSA) is 144 Å². The molecule has 1 aliphatic heterocycles. The van der Waals surface area contributed by atoms with Crippen LogP contribution in [0.15, 0.2) is 54.6 Å². The van der Waals surface area contributed by atoms with Crippen LogP contribution in [0.3, 0.4) is 0 Å². The minimum Gasteiger partial charge on any atom is -0.444 e. The van der Waals surface area contributed by atoms with Gasteiger partial charge in [-0.05, 0) is 101 Å². The molecule has 0 saturated heterocycles. The van der Waals surface area contributed by atoms with Crippen LogP contribution < -0.4 is 16.0 Å². The molecule has 3 amide bonds. The van der Waals surface area contributed by atoms with Crippen LogP contribution in [0.5, 0.6) is 0 Å². The van der Waals surface area contributed by atoms with E-state index in [1.165, 1.54) is 6.07 Å². The molecule has 1 fully saturated rings. The minimum atomic E-state index is -4.47. The number of ether oxygens (including phenoxy) is 1. The number of hydrogen-bond donors (Lipinski definition) is 3. The lowest BCUT2D eigenvalue weighted by atomic mass is 9.77. The fraction of sp³-hybridized carbons (Fsp3) is 0.476. The van der Waals surface area contributed by atoms with Crippen molar-refractivity contribution in [3.05, 3.63) is 77.1 Å². The molecule has 1 aromatic heterocycles. The zero-order chi connectivity index (χ0) is 40.1. The summed E-state index contributed by atoms with van der Waals surface area (Å²) in [6.45, 7) is 8.54. The number of ketones is 2. The van der Waals surface area contributed by atoms with E-state index in [0.717, 1.165) is 36.5 Å². The lowest BCUT2D eigenvalue weighted by Crippen LogP contribution is -2.37. The monoisotopic (exact) mass is 762 g/mol. The molecule has 2 atom stereocenters. The number of amides is 3. The van der Waals surface area contributed by atoms with Crippen LogP contribution in [-0.4, -0.2) is 52.8 Å². The molecule has 3 aromatic rings. The third-order valence-electron chi connectivity index (χ3n) is 10.2. The maximum atomic E-state index is 13.8. The van der Waals surface area contributed by atoms with Crippen molar-refractivity contribution in [1.82, 2.24) is 10.3 Å². The van der Waals surface area contributed by atoms with E-state index >= 15 is 0 Å². The highest BCUT2D eigenvalue weighted by atomic mass is 19.4. The van der Waals surface area contributed by atoms with E-state index in [0.29, 0.717) is 42.0 Å². The van der Waals surface area contributed by atoms with Crippen LogP contribution in [0.1, 0.15) is 93.5 Å². The zero-order valence-corrected chi connectivity index (χ0v) is 31.9. The van der Waals surface area contributed by atoms with Crippen molar-refractivity contribution in [1.29, 1.82) is 0 Å². The molecule has 55 heavy (non-hydrogen) atoms. The number of carbonyl (C=O) groups is 5. The molecule has 3 N–H and O–H groups in total. The Bertz CT molecular complexity index is 1910. The predicted octanol–water partition coefficient (Wildman–Crippen LogP) is 8.41. The van der Waals surface area contributed by atoms with Gasteiger partial charge in [0.1, 0.15) is 17.1 Å². The number of halogens is 3. The number of fused-ring (bicyclic) bond motifs is 1. The van der Waals surface area contributed by atoms with Crippen LogP contribution in [0.2, 0.25) is 0 Å². The number of nitrogens with one attached hydrogen (secondary N) is 3. The lowest BCUT2D eigenvalue weighted by molar-refractivity contribution is -0.168. The van der Waals surface area contributed by atoms with Gasteiger partial charge in [0, 0.05) is 53.9 Å². The number of benzene rings is 2. The molecule has 10 nitrogen and oxygen atoms in total. The Labute approximate surface area is 319 Å². The number of aryl methyl sites for hydroxylation is 1. The summed E-state index contributed by atoms with van der Waals surface area (Å²) < 4.78 is 44.3. The van der Waals surface area contributed by atoms with E-state index in [1.807, 2.05) is 24.3 Å². The van der Waals surface area contributed by atoms with Crippen LogP contribution in [0, 0.1) is 30.6 Å². The highest BCUT2D eigenvalue weighted by molar-refractivity contribution is 6.01. The van der Waals surface area contributed by atoms with Crippen molar-refractivity contribution in [2.24, 2.45) is 23.7 Å². The van der Waals surface area contributed by atoms with E-state index < -0.39 is 41.9 Å². The number of hydrogen-bond acceptors (Lipinski definition) is 7. The minimum absolute atomic E-state index is 0.0116. The summed E-state index contributed by atoms with van der Waals surface area (Å²) in [5.41, 5.74) is 4.15. The Kier molecular flexibility index (Phi) is 12.8. The van der Waals surface area contributed by atoms with Crippen molar-refractivity contribution in [3.8, 4) is 11.1 Å². The van der Waals surface area contributed by atoms with Crippen LogP contribution in [-0.2, 0) is 32.0 Å². The first kappa shape index (κ1) is 41.1. The number of anilines is 2. The first-order chi connectivity index (χ1) is 25.8. The van der Waals surface area contributed by atoms with Crippen molar-refractivity contribution >= 4 is 40.8 Å². The predicted molar refractivity (Wildman–Crippen MR) is 202 cm³/mol. The number of alkyl halides is 3. The third kappa shape index (κ3) is 11.5. The fourth-order valence-electron chi connectivity index (χ4n) is 7.06. The molecule has 2 aliphatic rings. The largest absolute Gasteiger partial charge is 0.444 e. The molecule has 1 saturated carbocycles. The van der Waals surface area contributed by atoms with Crippen LogP contribution in [0.4, 0.5) is 29.3 Å². The van der Waals surface area contributed by atoms with Gasteiger partial charge in [0.2, 0.25) is 11.8 Å². The molecular weight excluding hydrogens is 713 g/mol.